The molecule has 0 heterocycles. The molecule has 0 aliphatic carbocycles. The van der Waals surface area contributed by atoms with Crippen LogP contribution in [0.5, 0.6) is 0 Å². The van der Waals surface area contributed by atoms with Crippen LogP contribution in [0.25, 0.3) is 0 Å². The van der Waals surface area contributed by atoms with Crippen molar-refractivity contribution in [3.8, 4) is 0 Å². The molecule has 1 unspecified atom stereocenters. The van der Waals surface area contributed by atoms with Crippen molar-refractivity contribution in [2.75, 3.05) is 0 Å². The molecule has 0 saturated heterocycles. The number of ether oxygens (including phenoxy) is 1. The van der Waals surface area contributed by atoms with Crippen LogP contribution in [0.2, 0.25) is 0 Å². The van der Waals surface area contributed by atoms with Gasteiger partial charge in [-0.05, 0) is 33.6 Å². The van der Waals surface area contributed by atoms with Crippen molar-refractivity contribution in [3.63, 3.8) is 0 Å². The van der Waals surface area contributed by atoms with E-state index in [1.165, 1.54) is 6.92 Å². The predicted octanol–water partition coefficient (Wildman–Crippen LogP) is 0.876. The van der Waals surface area contributed by atoms with Crippen molar-refractivity contribution in [1.29, 1.82) is 0 Å². The van der Waals surface area contributed by atoms with Crippen molar-refractivity contribution in [1.82, 2.24) is 10.6 Å². The number of amides is 2. The monoisotopic (exact) mass is 332 g/mol. The molecule has 0 rings (SSSR count). The van der Waals surface area contributed by atoms with E-state index in [-0.39, 0.29) is 5.92 Å². The molecule has 0 radical (unpaired) electrons. The van der Waals surface area contributed by atoms with Gasteiger partial charge in [-0.25, -0.2) is 9.59 Å². The van der Waals surface area contributed by atoms with Gasteiger partial charge < -0.3 is 25.6 Å². The quantitative estimate of drug-likeness (QED) is 0.548. The largest absolute Gasteiger partial charge is 0.480 e. The van der Waals surface area contributed by atoms with Crippen LogP contribution in [0.1, 0.15) is 48.0 Å². The van der Waals surface area contributed by atoms with E-state index >= 15 is 0 Å². The molecule has 8 nitrogen and oxygen atoms in total. The fourth-order valence-corrected chi connectivity index (χ4v) is 1.77. The van der Waals surface area contributed by atoms with E-state index in [0.717, 1.165) is 0 Å². The second kappa shape index (κ2) is 8.71. The summed E-state index contributed by atoms with van der Waals surface area (Å²) in [6.07, 6.45) is -1.45. The van der Waals surface area contributed by atoms with Crippen LogP contribution in [-0.4, -0.2) is 52.0 Å². The molecule has 4 atom stereocenters. The topological polar surface area (TPSA) is 125 Å². The Morgan fingerprint density at radius 2 is 1.61 bits per heavy atom. The van der Waals surface area contributed by atoms with E-state index in [0.29, 0.717) is 6.42 Å². The standard InChI is InChI=1S/C15H28N2O6/c1-7-8(2)10(17-14(22)23-15(4,5)6)12(19)16-11(9(3)18)13(20)21/h8-11,18H,7H2,1-6H3,(H,16,19)(H,17,22)(H,20,21)/t8?,9-,10-,11-/m0/s1. The number of hydrogen-bond donors (Lipinski definition) is 4. The Kier molecular flexibility index (Phi) is 8.02. The van der Waals surface area contributed by atoms with Gasteiger partial charge in [-0.15, -0.1) is 0 Å². The summed E-state index contributed by atoms with van der Waals surface area (Å²) in [4.78, 5) is 35.2. The molecule has 0 aliphatic rings. The van der Waals surface area contributed by atoms with Gasteiger partial charge in [0.15, 0.2) is 6.04 Å². The summed E-state index contributed by atoms with van der Waals surface area (Å²) < 4.78 is 5.12. The third kappa shape index (κ3) is 7.83. The number of alkyl carbamates (subject to hydrolysis) is 1. The predicted molar refractivity (Wildman–Crippen MR) is 83.9 cm³/mol. The summed E-state index contributed by atoms with van der Waals surface area (Å²) in [6, 6.07) is -2.41. The number of hydrogen-bond acceptors (Lipinski definition) is 5. The lowest BCUT2D eigenvalue weighted by atomic mass is 9.98. The molecule has 0 bridgehead atoms. The number of aliphatic carboxylic acids is 1. The van der Waals surface area contributed by atoms with Crippen LogP contribution in [-0.2, 0) is 14.3 Å². The van der Waals surface area contributed by atoms with E-state index in [1.54, 1.807) is 27.7 Å². The fourth-order valence-electron chi connectivity index (χ4n) is 1.77. The van der Waals surface area contributed by atoms with Gasteiger partial charge in [0.2, 0.25) is 5.91 Å². The lowest BCUT2D eigenvalue weighted by molar-refractivity contribution is -0.145. The van der Waals surface area contributed by atoms with Gasteiger partial charge >= 0.3 is 12.1 Å². The van der Waals surface area contributed by atoms with E-state index in [1.807, 2.05) is 6.92 Å². The first-order chi connectivity index (χ1) is 10.4. The zero-order chi connectivity index (χ0) is 18.4. The van der Waals surface area contributed by atoms with Crippen LogP contribution in [0.3, 0.4) is 0 Å². The maximum absolute atomic E-state index is 12.3. The summed E-state index contributed by atoms with van der Waals surface area (Å²) in [5, 5.41) is 23.2. The summed E-state index contributed by atoms with van der Waals surface area (Å²) in [5.41, 5.74) is -0.718. The molecular formula is C15H28N2O6. The molecule has 23 heavy (non-hydrogen) atoms. The highest BCUT2D eigenvalue weighted by molar-refractivity contribution is 5.89. The first-order valence-corrected chi connectivity index (χ1v) is 7.59. The third-order valence-electron chi connectivity index (χ3n) is 3.21. The highest BCUT2D eigenvalue weighted by Gasteiger charge is 2.32. The molecular weight excluding hydrogens is 304 g/mol. The van der Waals surface area contributed by atoms with Gasteiger partial charge in [0.1, 0.15) is 11.6 Å². The number of aliphatic hydroxyl groups is 1. The number of rotatable bonds is 7. The lowest BCUT2D eigenvalue weighted by Gasteiger charge is -2.27. The molecule has 0 aliphatic heterocycles. The van der Waals surface area contributed by atoms with Crippen molar-refractivity contribution in [3.05, 3.63) is 0 Å². The lowest BCUT2D eigenvalue weighted by Crippen LogP contribution is -2.57. The van der Waals surface area contributed by atoms with Crippen LogP contribution in [0.4, 0.5) is 4.79 Å². The molecule has 0 aromatic carbocycles. The summed E-state index contributed by atoms with van der Waals surface area (Å²) >= 11 is 0. The van der Waals surface area contributed by atoms with Crippen molar-refractivity contribution >= 4 is 18.0 Å². The van der Waals surface area contributed by atoms with Crippen LogP contribution in [0, 0.1) is 5.92 Å². The number of carboxylic acids is 1. The minimum atomic E-state index is -1.45. The molecule has 2 amide bonds. The van der Waals surface area contributed by atoms with Gasteiger partial charge in [0, 0.05) is 0 Å². The molecule has 0 fully saturated rings. The third-order valence-corrected chi connectivity index (χ3v) is 3.21. The van der Waals surface area contributed by atoms with Crippen LogP contribution < -0.4 is 10.6 Å². The van der Waals surface area contributed by atoms with Crippen LogP contribution in [0.15, 0.2) is 0 Å². The van der Waals surface area contributed by atoms with Crippen molar-refractivity contribution in [2.45, 2.75) is 71.8 Å². The Bertz CT molecular complexity index is 430. The first kappa shape index (κ1) is 21.2. The number of carboxylic acid groups (broad SMARTS) is 1. The molecule has 4 N–H and O–H groups in total. The van der Waals surface area contributed by atoms with E-state index in [9.17, 15) is 19.5 Å². The van der Waals surface area contributed by atoms with E-state index < -0.39 is 41.8 Å². The molecule has 0 aromatic heterocycles. The second-order valence-electron chi connectivity index (χ2n) is 6.57. The maximum atomic E-state index is 12.3. The highest BCUT2D eigenvalue weighted by Crippen LogP contribution is 2.12. The van der Waals surface area contributed by atoms with Gasteiger partial charge in [-0.1, -0.05) is 20.3 Å². The smallest absolute Gasteiger partial charge is 0.408 e. The Balaban J connectivity index is 5.06. The second-order valence-corrected chi connectivity index (χ2v) is 6.57. The normalized spacial score (nSPS) is 16.7. The van der Waals surface area contributed by atoms with Gasteiger partial charge in [0.05, 0.1) is 6.10 Å². The Morgan fingerprint density at radius 3 is 1.96 bits per heavy atom. The summed E-state index contributed by atoms with van der Waals surface area (Å²) in [5.74, 6) is -2.28. The average Bonchev–Trinajstić information content (AvgIpc) is 2.38. The van der Waals surface area contributed by atoms with Gasteiger partial charge in [-0.2, -0.15) is 0 Å². The van der Waals surface area contributed by atoms with Gasteiger partial charge in [-0.3, -0.25) is 4.79 Å². The zero-order valence-electron chi connectivity index (χ0n) is 14.5. The fraction of sp³-hybridized carbons (Fsp3) is 0.800. The number of aliphatic hydroxyl groups excluding tert-OH is 1. The minimum Gasteiger partial charge on any atom is -0.480 e. The average molecular weight is 332 g/mol. The molecule has 0 spiro atoms. The highest BCUT2D eigenvalue weighted by atomic mass is 16.6. The van der Waals surface area contributed by atoms with Crippen molar-refractivity contribution in [2.24, 2.45) is 5.92 Å². The molecule has 8 heteroatoms. The summed E-state index contributed by atoms with van der Waals surface area (Å²) in [6.45, 7) is 9.93. The number of carbonyl (C=O) groups excluding carboxylic acids is 2. The zero-order valence-corrected chi connectivity index (χ0v) is 14.5. The number of nitrogens with one attached hydrogen (secondary N) is 2. The van der Waals surface area contributed by atoms with Gasteiger partial charge in [0.25, 0.3) is 0 Å². The molecule has 0 aromatic rings. The molecule has 0 saturated carbocycles. The van der Waals surface area contributed by atoms with Crippen molar-refractivity contribution < 1.29 is 29.3 Å². The first-order valence-electron chi connectivity index (χ1n) is 7.59. The Morgan fingerprint density at radius 1 is 1.09 bits per heavy atom. The molecule has 134 valence electrons. The van der Waals surface area contributed by atoms with E-state index in [2.05, 4.69) is 10.6 Å². The minimum absolute atomic E-state index is 0.244. The van der Waals surface area contributed by atoms with Crippen LogP contribution >= 0.6 is 0 Å². The Labute approximate surface area is 136 Å². The number of carbonyl (C=O) groups is 3. The SMILES string of the molecule is CCC(C)[C@H](NC(=O)OC(C)(C)C)C(=O)N[C@H](C(=O)O)[C@H](C)O. The summed E-state index contributed by atoms with van der Waals surface area (Å²) in [7, 11) is 0. The van der Waals surface area contributed by atoms with E-state index in [4.69, 9.17) is 9.84 Å². The maximum Gasteiger partial charge on any atom is 0.408 e. The Hall–Kier alpha value is -1.83.